The largest absolute Gasteiger partial charge is 0.426 e. The molecule has 0 N–H and O–H groups in total. The molecule has 1 rings (SSSR count). The second-order valence-corrected chi connectivity index (χ2v) is 4.83. The molecule has 1 aromatic rings. The van der Waals surface area contributed by atoms with Gasteiger partial charge in [0.05, 0.1) is 10.9 Å². The van der Waals surface area contributed by atoms with Crippen molar-refractivity contribution in [3.63, 3.8) is 0 Å². The van der Waals surface area contributed by atoms with Gasteiger partial charge in [-0.2, -0.15) is 13.2 Å². The van der Waals surface area contributed by atoms with Gasteiger partial charge in [-0.05, 0) is 12.5 Å². The molecule has 0 aliphatic heterocycles. The Labute approximate surface area is 118 Å². The zero-order valence-electron chi connectivity index (χ0n) is 10.1. The van der Waals surface area contributed by atoms with E-state index in [1.165, 1.54) is 0 Å². The first-order chi connectivity index (χ1) is 8.66. The van der Waals surface area contributed by atoms with Crippen LogP contribution in [-0.4, -0.2) is 5.97 Å². The van der Waals surface area contributed by atoms with Crippen molar-refractivity contribution in [2.45, 2.75) is 26.4 Å². The van der Waals surface area contributed by atoms with Crippen LogP contribution in [0.2, 0.25) is 10.0 Å². The van der Waals surface area contributed by atoms with Gasteiger partial charge in [0.25, 0.3) is 0 Å². The standard InChI is InChI=1S/C12H11Cl2F3O2/c1-3-6(2)11(18)19-9-5-7(13)4-8(14)10(9)12(15,16)17/h4-6H,3H2,1-2H3. The molecule has 0 bridgehead atoms. The predicted octanol–water partition coefficient (Wildman–Crippen LogP) is 4.96. The highest BCUT2D eigenvalue weighted by atomic mass is 35.5. The quantitative estimate of drug-likeness (QED) is 0.582. The van der Waals surface area contributed by atoms with Crippen LogP contribution in [0.3, 0.4) is 0 Å². The summed E-state index contributed by atoms with van der Waals surface area (Å²) in [5.74, 6) is -1.94. The number of ether oxygens (including phenoxy) is 1. The zero-order chi connectivity index (χ0) is 14.8. The van der Waals surface area contributed by atoms with Crippen molar-refractivity contribution in [1.82, 2.24) is 0 Å². The molecule has 1 atom stereocenters. The van der Waals surface area contributed by atoms with E-state index in [1.54, 1.807) is 13.8 Å². The summed E-state index contributed by atoms with van der Waals surface area (Å²) in [7, 11) is 0. The summed E-state index contributed by atoms with van der Waals surface area (Å²) in [6.07, 6.45) is -4.28. The minimum absolute atomic E-state index is 0.0371. The summed E-state index contributed by atoms with van der Waals surface area (Å²) in [4.78, 5) is 11.6. The SMILES string of the molecule is CCC(C)C(=O)Oc1cc(Cl)cc(Cl)c1C(F)(F)F. The van der Waals surface area contributed by atoms with E-state index in [4.69, 9.17) is 27.9 Å². The first-order valence-electron chi connectivity index (χ1n) is 5.44. The maximum absolute atomic E-state index is 12.9. The molecular formula is C12H11Cl2F3O2. The average molecular weight is 315 g/mol. The fourth-order valence-electron chi connectivity index (χ4n) is 1.28. The van der Waals surface area contributed by atoms with Gasteiger partial charge in [0.2, 0.25) is 0 Å². The first-order valence-corrected chi connectivity index (χ1v) is 6.20. The number of rotatable bonds is 3. The van der Waals surface area contributed by atoms with Gasteiger partial charge in [0, 0.05) is 11.1 Å². The number of benzene rings is 1. The minimum Gasteiger partial charge on any atom is -0.426 e. The van der Waals surface area contributed by atoms with E-state index in [2.05, 4.69) is 0 Å². The Bertz CT molecular complexity index is 487. The van der Waals surface area contributed by atoms with Crippen LogP contribution in [0.1, 0.15) is 25.8 Å². The topological polar surface area (TPSA) is 26.3 Å². The second kappa shape index (κ2) is 6.01. The van der Waals surface area contributed by atoms with Gasteiger partial charge in [-0.25, -0.2) is 0 Å². The lowest BCUT2D eigenvalue weighted by Crippen LogP contribution is -2.19. The average Bonchev–Trinajstić information content (AvgIpc) is 2.24. The van der Waals surface area contributed by atoms with Crippen molar-refractivity contribution >= 4 is 29.2 Å². The van der Waals surface area contributed by atoms with Gasteiger partial charge in [0.1, 0.15) is 11.3 Å². The third kappa shape index (κ3) is 4.01. The van der Waals surface area contributed by atoms with Crippen LogP contribution in [0.4, 0.5) is 13.2 Å². The monoisotopic (exact) mass is 314 g/mol. The van der Waals surface area contributed by atoms with E-state index in [-0.39, 0.29) is 5.02 Å². The lowest BCUT2D eigenvalue weighted by molar-refractivity contribution is -0.144. The first kappa shape index (κ1) is 16.1. The van der Waals surface area contributed by atoms with Gasteiger partial charge in [-0.15, -0.1) is 0 Å². The van der Waals surface area contributed by atoms with Gasteiger partial charge < -0.3 is 4.74 Å². The molecule has 0 aliphatic rings. The molecule has 19 heavy (non-hydrogen) atoms. The number of hydrogen-bond acceptors (Lipinski definition) is 2. The summed E-state index contributed by atoms with van der Waals surface area (Å²) in [6.45, 7) is 3.28. The Morgan fingerprint density at radius 2 is 1.95 bits per heavy atom. The number of carbonyl (C=O) groups is 1. The molecule has 0 aliphatic carbocycles. The van der Waals surface area contributed by atoms with Crippen LogP contribution in [0.5, 0.6) is 5.75 Å². The van der Waals surface area contributed by atoms with Crippen LogP contribution in [0.15, 0.2) is 12.1 Å². The molecule has 1 aromatic carbocycles. The number of halogens is 5. The van der Waals surface area contributed by atoms with Crippen LogP contribution in [-0.2, 0) is 11.0 Å². The molecular weight excluding hydrogens is 304 g/mol. The molecule has 7 heteroatoms. The summed E-state index contributed by atoms with van der Waals surface area (Å²) in [5.41, 5.74) is -1.20. The van der Waals surface area contributed by atoms with Crippen molar-refractivity contribution in [1.29, 1.82) is 0 Å². The van der Waals surface area contributed by atoms with E-state index in [1.807, 2.05) is 0 Å². The highest BCUT2D eigenvalue weighted by Crippen LogP contribution is 2.42. The molecule has 0 heterocycles. The molecule has 1 unspecified atom stereocenters. The number of esters is 1. The van der Waals surface area contributed by atoms with E-state index >= 15 is 0 Å². The number of hydrogen-bond donors (Lipinski definition) is 0. The van der Waals surface area contributed by atoms with Crippen LogP contribution in [0, 0.1) is 5.92 Å². The molecule has 2 nitrogen and oxygen atoms in total. The summed E-state index contributed by atoms with van der Waals surface area (Å²) >= 11 is 11.1. The summed E-state index contributed by atoms with van der Waals surface area (Å²) in [6, 6.07) is 1.88. The molecule has 0 amide bonds. The minimum atomic E-state index is -4.73. The van der Waals surface area contributed by atoms with Crippen molar-refractivity contribution in [3.05, 3.63) is 27.7 Å². The molecule has 106 valence electrons. The fraction of sp³-hybridized carbons (Fsp3) is 0.417. The Morgan fingerprint density at radius 1 is 1.37 bits per heavy atom. The smallest absolute Gasteiger partial charge is 0.421 e. The van der Waals surface area contributed by atoms with Gasteiger partial charge in [-0.1, -0.05) is 37.0 Å². The maximum atomic E-state index is 12.9. The molecule has 0 fully saturated rings. The van der Waals surface area contributed by atoms with Crippen LogP contribution < -0.4 is 4.74 Å². The summed E-state index contributed by atoms with van der Waals surface area (Å²) in [5, 5.41) is -0.642. The van der Waals surface area contributed by atoms with Crippen molar-refractivity contribution < 1.29 is 22.7 Å². The van der Waals surface area contributed by atoms with Gasteiger partial charge in [0.15, 0.2) is 0 Å². The molecule has 0 saturated heterocycles. The van der Waals surface area contributed by atoms with E-state index in [0.29, 0.717) is 6.42 Å². The molecule has 0 saturated carbocycles. The van der Waals surface area contributed by atoms with Crippen molar-refractivity contribution in [2.24, 2.45) is 5.92 Å². The Morgan fingerprint density at radius 3 is 2.42 bits per heavy atom. The van der Waals surface area contributed by atoms with Crippen LogP contribution in [0.25, 0.3) is 0 Å². The lowest BCUT2D eigenvalue weighted by atomic mass is 10.1. The number of alkyl halides is 3. The number of carbonyl (C=O) groups excluding carboxylic acids is 1. The Kier molecular flexibility index (Phi) is 5.10. The maximum Gasteiger partial charge on any atom is 0.421 e. The molecule has 0 spiro atoms. The van der Waals surface area contributed by atoms with E-state index in [0.717, 1.165) is 12.1 Å². The Hall–Kier alpha value is -0.940. The lowest BCUT2D eigenvalue weighted by Gasteiger charge is -2.16. The third-order valence-electron chi connectivity index (χ3n) is 2.53. The molecule has 0 radical (unpaired) electrons. The second-order valence-electron chi connectivity index (χ2n) is 3.99. The molecule has 0 aromatic heterocycles. The van der Waals surface area contributed by atoms with Crippen molar-refractivity contribution in [3.8, 4) is 5.75 Å². The Balaban J connectivity index is 3.23. The van der Waals surface area contributed by atoms with E-state index < -0.39 is 34.4 Å². The van der Waals surface area contributed by atoms with Gasteiger partial charge >= 0.3 is 12.1 Å². The van der Waals surface area contributed by atoms with Gasteiger partial charge in [-0.3, -0.25) is 4.79 Å². The van der Waals surface area contributed by atoms with Crippen LogP contribution >= 0.6 is 23.2 Å². The fourth-order valence-corrected chi connectivity index (χ4v) is 1.86. The highest BCUT2D eigenvalue weighted by molar-refractivity contribution is 6.35. The predicted molar refractivity (Wildman–Crippen MR) is 66.6 cm³/mol. The summed E-state index contributed by atoms with van der Waals surface area (Å²) < 4.78 is 43.3. The van der Waals surface area contributed by atoms with Crippen molar-refractivity contribution in [2.75, 3.05) is 0 Å². The van der Waals surface area contributed by atoms with E-state index in [9.17, 15) is 18.0 Å². The highest BCUT2D eigenvalue weighted by Gasteiger charge is 2.38. The third-order valence-corrected chi connectivity index (χ3v) is 3.04. The normalized spacial score (nSPS) is 13.2. The zero-order valence-corrected chi connectivity index (χ0v) is 11.7.